The Kier molecular flexibility index (Phi) is 18.5. The zero-order chi connectivity index (χ0) is 51.8. The number of hydrogen-bond acceptors (Lipinski definition) is 13. The molecule has 74 heavy (non-hydrogen) atoms. The lowest BCUT2D eigenvalue weighted by Gasteiger charge is -2.37. The standard InChI is InChI=1S/C55H63N11O7S/c1-37-52(74-36-60-37)43-12-9-40(10-13-43)29-58-53(69)49-27-48(67)34-65(49)54(70)38(2)62-51(68)35-73-26-25-72-24-6-23-64-33-44(32-61-64)42-14-18-46(19-15-42)66(55(71)59-30-39-7-4-3-5-8-39)47-20-16-45(17-21-47)63-50-22-11-41(28-56)31-57-50/h3-5,7-15,18-19,22,31-33,36,38,45,47-49,67H,6,16-17,20-21,23-27,29-30,34-35H2,1-2H3,(H,57,63)(H,58,69)(H,59,71)(H,62,68)/t38-,45?,47?,48+,49-/m0/s1. The lowest BCUT2D eigenvalue weighted by atomic mass is 9.89. The zero-order valence-corrected chi connectivity index (χ0v) is 42.5. The fourth-order valence-electron chi connectivity index (χ4n) is 9.31. The largest absolute Gasteiger partial charge is 0.391 e. The number of amides is 5. The number of carbonyl (C=O) groups is 4. The smallest absolute Gasteiger partial charge is 0.322 e. The molecular formula is C55H63N11O7S. The van der Waals surface area contributed by atoms with Crippen LogP contribution >= 0.6 is 11.3 Å². The molecule has 0 spiro atoms. The first-order valence-electron chi connectivity index (χ1n) is 25.1. The van der Waals surface area contributed by atoms with Crippen LogP contribution in [-0.4, -0.2) is 117 Å². The van der Waals surface area contributed by atoms with Crippen molar-refractivity contribution in [2.24, 2.45) is 0 Å². The van der Waals surface area contributed by atoms with Crippen molar-refractivity contribution in [3.8, 4) is 27.6 Å². The molecule has 4 heterocycles. The summed E-state index contributed by atoms with van der Waals surface area (Å²) in [5.74, 6) is -0.587. The number of aromatic nitrogens is 4. The summed E-state index contributed by atoms with van der Waals surface area (Å²) >= 11 is 1.57. The number of nitriles is 1. The van der Waals surface area contributed by atoms with Gasteiger partial charge in [-0.15, -0.1) is 11.3 Å². The molecule has 5 N–H and O–H groups in total. The highest BCUT2D eigenvalue weighted by atomic mass is 32.1. The molecule has 19 heteroatoms. The van der Waals surface area contributed by atoms with Gasteiger partial charge in [-0.1, -0.05) is 66.7 Å². The average molecular weight is 1020 g/mol. The number of likely N-dealkylation sites (tertiary alicyclic amines) is 1. The third-order valence-electron chi connectivity index (χ3n) is 13.2. The molecule has 1 saturated heterocycles. The van der Waals surface area contributed by atoms with Crippen LogP contribution in [0.4, 0.5) is 16.3 Å². The number of pyridine rings is 1. The summed E-state index contributed by atoms with van der Waals surface area (Å²) in [4.78, 5) is 66.2. The first-order chi connectivity index (χ1) is 36.0. The Bertz CT molecular complexity index is 2830. The van der Waals surface area contributed by atoms with Gasteiger partial charge in [-0.3, -0.25) is 24.0 Å². The van der Waals surface area contributed by atoms with E-state index in [0.29, 0.717) is 31.7 Å². The molecule has 1 saturated carbocycles. The predicted octanol–water partition coefficient (Wildman–Crippen LogP) is 6.59. The van der Waals surface area contributed by atoms with Gasteiger partial charge in [0.1, 0.15) is 30.6 Å². The SMILES string of the molecule is Cc1ncsc1-c1ccc(CNC(=O)[C@@H]2C[C@@H](O)CN2C(=O)[C@H](C)NC(=O)COCCOCCCn2cc(-c3ccc(N(C(=O)NCc4ccccc4)C4CCC(Nc5ccc(C#N)cn5)CC4)cc3)cn2)cc1. The fourth-order valence-corrected chi connectivity index (χ4v) is 10.1. The van der Waals surface area contributed by atoms with Gasteiger partial charge in [0.05, 0.1) is 47.2 Å². The Balaban J connectivity index is 0.728. The van der Waals surface area contributed by atoms with Crippen molar-refractivity contribution in [1.82, 2.24) is 40.6 Å². The second-order valence-electron chi connectivity index (χ2n) is 18.6. The highest BCUT2D eigenvalue weighted by Gasteiger charge is 2.40. The van der Waals surface area contributed by atoms with Crippen LogP contribution in [0.1, 0.15) is 67.8 Å². The number of aryl methyl sites for hydroxylation is 2. The van der Waals surface area contributed by atoms with Crippen LogP contribution in [-0.2, 0) is 43.5 Å². The molecule has 2 aliphatic rings. The van der Waals surface area contributed by atoms with Crippen LogP contribution in [0, 0.1) is 18.3 Å². The quantitative estimate of drug-likeness (QED) is 0.0454. The van der Waals surface area contributed by atoms with E-state index in [-0.39, 0.29) is 63.4 Å². The predicted molar refractivity (Wildman–Crippen MR) is 282 cm³/mol. The molecule has 8 rings (SSSR count). The van der Waals surface area contributed by atoms with Gasteiger partial charge < -0.3 is 40.7 Å². The Morgan fingerprint density at radius 1 is 0.851 bits per heavy atom. The van der Waals surface area contributed by atoms with Crippen LogP contribution in [0.3, 0.4) is 0 Å². The molecule has 0 radical (unpaired) electrons. The normalized spacial score (nSPS) is 17.7. The van der Waals surface area contributed by atoms with E-state index in [9.17, 15) is 24.3 Å². The molecule has 386 valence electrons. The number of thiazole rings is 1. The highest BCUT2D eigenvalue weighted by Crippen LogP contribution is 2.32. The number of nitrogens with zero attached hydrogens (tertiary/aromatic N) is 7. The topological polar surface area (TPSA) is 229 Å². The number of benzene rings is 3. The van der Waals surface area contributed by atoms with Crippen molar-refractivity contribution >= 4 is 46.6 Å². The van der Waals surface area contributed by atoms with Crippen LogP contribution in [0.2, 0.25) is 0 Å². The van der Waals surface area contributed by atoms with Gasteiger partial charge in [-0.05, 0) is 92.5 Å². The summed E-state index contributed by atoms with van der Waals surface area (Å²) in [6.07, 6.45) is 8.65. The molecule has 3 aromatic carbocycles. The third-order valence-corrected chi connectivity index (χ3v) is 14.2. The number of ether oxygens (including phenoxy) is 2. The lowest BCUT2D eigenvalue weighted by molar-refractivity contribution is -0.141. The summed E-state index contributed by atoms with van der Waals surface area (Å²) in [5, 5.41) is 36.3. The van der Waals surface area contributed by atoms with Gasteiger partial charge in [0.15, 0.2) is 0 Å². The van der Waals surface area contributed by atoms with E-state index in [1.165, 1.54) is 4.90 Å². The van der Waals surface area contributed by atoms with Crippen molar-refractivity contribution in [2.75, 3.05) is 43.2 Å². The molecule has 18 nitrogen and oxygen atoms in total. The second kappa shape index (κ2) is 25.9. The highest BCUT2D eigenvalue weighted by molar-refractivity contribution is 7.13. The molecule has 5 amide bonds. The number of rotatable bonds is 22. The van der Waals surface area contributed by atoms with E-state index in [1.54, 1.807) is 30.5 Å². The molecular weight excluding hydrogens is 959 g/mol. The maximum absolute atomic E-state index is 13.9. The lowest BCUT2D eigenvalue weighted by Crippen LogP contribution is -2.53. The molecule has 6 aromatic rings. The van der Waals surface area contributed by atoms with Crippen molar-refractivity contribution < 1.29 is 33.8 Å². The van der Waals surface area contributed by atoms with Crippen molar-refractivity contribution in [2.45, 2.75) is 102 Å². The first-order valence-corrected chi connectivity index (χ1v) is 26.0. The summed E-state index contributed by atoms with van der Waals surface area (Å²) in [6.45, 7) is 5.43. The van der Waals surface area contributed by atoms with E-state index >= 15 is 0 Å². The van der Waals surface area contributed by atoms with Crippen LogP contribution in [0.5, 0.6) is 0 Å². The minimum absolute atomic E-state index is 0.00102. The Labute approximate surface area is 435 Å². The number of β-amino-alcohol motifs (C(OH)–C–C–N with tert-alkyl or cyclic N) is 1. The van der Waals surface area contributed by atoms with E-state index in [4.69, 9.17) is 14.7 Å². The van der Waals surface area contributed by atoms with Crippen molar-refractivity contribution in [1.29, 1.82) is 5.26 Å². The molecule has 2 fully saturated rings. The van der Waals surface area contributed by atoms with Gasteiger partial charge >= 0.3 is 6.03 Å². The second-order valence-corrected chi connectivity index (χ2v) is 19.5. The van der Waals surface area contributed by atoms with Gasteiger partial charge in [0.2, 0.25) is 17.7 Å². The van der Waals surface area contributed by atoms with Crippen molar-refractivity contribution in [3.05, 3.63) is 137 Å². The number of anilines is 2. The molecule has 3 aromatic heterocycles. The molecule has 1 aliphatic heterocycles. The summed E-state index contributed by atoms with van der Waals surface area (Å²) in [7, 11) is 0. The third kappa shape index (κ3) is 14.4. The summed E-state index contributed by atoms with van der Waals surface area (Å²) in [5.41, 5.74) is 8.99. The van der Waals surface area contributed by atoms with Crippen LogP contribution < -0.4 is 26.2 Å². The minimum Gasteiger partial charge on any atom is -0.391 e. The summed E-state index contributed by atoms with van der Waals surface area (Å²) < 4.78 is 13.1. The maximum Gasteiger partial charge on any atom is 0.322 e. The molecule has 0 bridgehead atoms. The number of urea groups is 1. The van der Waals surface area contributed by atoms with E-state index in [2.05, 4.69) is 42.4 Å². The van der Waals surface area contributed by atoms with Crippen LogP contribution in [0.25, 0.3) is 21.6 Å². The average Bonchev–Trinajstić information content (AvgIpc) is 4.19. The van der Waals surface area contributed by atoms with Gasteiger partial charge in [-0.2, -0.15) is 10.4 Å². The number of aliphatic hydroxyl groups is 1. The Morgan fingerprint density at radius 3 is 2.30 bits per heavy atom. The van der Waals surface area contributed by atoms with E-state index in [1.807, 2.05) is 119 Å². The van der Waals surface area contributed by atoms with Gasteiger partial charge in [-0.25, -0.2) is 14.8 Å². The van der Waals surface area contributed by atoms with Gasteiger partial charge in [0, 0.05) is 74.9 Å². The molecule has 1 aliphatic carbocycles. The number of hydrogen-bond donors (Lipinski definition) is 5. The number of aliphatic hydroxyl groups excluding tert-OH is 1. The monoisotopic (exact) mass is 1020 g/mol. The van der Waals surface area contributed by atoms with Crippen LogP contribution in [0.15, 0.2) is 115 Å². The molecule has 3 atom stereocenters. The fraction of sp³-hybridized carbons (Fsp3) is 0.382. The first kappa shape index (κ1) is 52.8. The minimum atomic E-state index is -0.938. The number of nitrogens with one attached hydrogen (secondary N) is 4. The summed E-state index contributed by atoms with van der Waals surface area (Å²) in [6, 6.07) is 29.7. The maximum atomic E-state index is 13.9. The molecule has 0 unspecified atom stereocenters. The Morgan fingerprint density at radius 2 is 1.58 bits per heavy atom. The van der Waals surface area contributed by atoms with Crippen molar-refractivity contribution in [3.63, 3.8) is 0 Å². The number of carbonyl (C=O) groups excluding carboxylic acids is 4. The Hall–Kier alpha value is -7.50. The van der Waals surface area contributed by atoms with Gasteiger partial charge in [0.25, 0.3) is 0 Å². The van der Waals surface area contributed by atoms with E-state index in [0.717, 1.165) is 75.6 Å². The van der Waals surface area contributed by atoms with E-state index < -0.39 is 30.0 Å². The zero-order valence-electron chi connectivity index (χ0n) is 41.7.